The number of nitrogens with one attached hydrogen (secondary N) is 1. The highest BCUT2D eigenvalue weighted by molar-refractivity contribution is 7.17. The summed E-state index contributed by atoms with van der Waals surface area (Å²) in [6.07, 6.45) is 5.23. The second kappa shape index (κ2) is 15.0. The smallest absolute Gasteiger partial charge is 0.306 e. The summed E-state index contributed by atoms with van der Waals surface area (Å²) in [5.41, 5.74) is 0.786. The Kier molecular flexibility index (Phi) is 10.8. The van der Waals surface area contributed by atoms with Crippen LogP contribution in [-0.2, 0) is 25.5 Å². The Balaban J connectivity index is 1.13. The maximum absolute atomic E-state index is 15.5. The lowest BCUT2D eigenvalue weighted by molar-refractivity contribution is -0.144. The number of amides is 2. The van der Waals surface area contributed by atoms with E-state index >= 15 is 4.39 Å². The first-order chi connectivity index (χ1) is 22.7. The van der Waals surface area contributed by atoms with Crippen LogP contribution in [0.25, 0.3) is 10.1 Å². The Labute approximate surface area is 283 Å². The molecule has 0 unspecified atom stereocenters. The van der Waals surface area contributed by atoms with E-state index < -0.39 is 11.8 Å². The zero-order valence-electron chi connectivity index (χ0n) is 26.5. The number of likely N-dealkylation sites (tertiary alicyclic amines) is 2. The highest BCUT2D eigenvalue weighted by atomic mass is 35.5. The van der Waals surface area contributed by atoms with E-state index in [4.69, 9.17) is 21.1 Å². The number of methoxy groups -OCH3 is 1. The molecule has 9 nitrogen and oxygen atoms in total. The predicted octanol–water partition coefficient (Wildman–Crippen LogP) is 6.23. The van der Waals surface area contributed by atoms with Crippen molar-refractivity contribution in [3.63, 3.8) is 0 Å². The zero-order chi connectivity index (χ0) is 33.1. The first-order valence-electron chi connectivity index (χ1n) is 16.4. The van der Waals surface area contributed by atoms with Gasteiger partial charge >= 0.3 is 5.97 Å². The van der Waals surface area contributed by atoms with Gasteiger partial charge in [-0.1, -0.05) is 29.8 Å². The van der Waals surface area contributed by atoms with Crippen LogP contribution >= 0.6 is 22.9 Å². The standard InChI is InChI=1S/C35H41ClFN3O6S/c1-45-26-5-4-12-39(18-26)23-15-24(19-46-25-10-8-21(9-11-25)35(43)44)40(17-23)33(41)14-22-13-29(36)31(16-30(22)37)38-34(42)28-20-47-32-7-3-2-6-27(28)32/h2-3,6-7,13,16,20-21,23-26H,4-5,8-12,14-15,17-19H2,1H3,(H,38,42)(H,43,44)/t21?,23-,24-,25?,26+/m0/s1. The van der Waals surface area contributed by atoms with Crippen LogP contribution in [0, 0.1) is 11.7 Å². The second-order valence-electron chi connectivity index (χ2n) is 12.9. The number of halogens is 2. The van der Waals surface area contributed by atoms with Crippen molar-refractivity contribution in [2.75, 3.05) is 38.7 Å². The number of benzene rings is 2. The van der Waals surface area contributed by atoms with Gasteiger partial charge in [-0.15, -0.1) is 11.3 Å². The number of piperidine rings is 1. The highest BCUT2D eigenvalue weighted by Crippen LogP contribution is 2.32. The summed E-state index contributed by atoms with van der Waals surface area (Å²) < 4.78 is 28.4. The van der Waals surface area contributed by atoms with Crippen molar-refractivity contribution in [2.24, 2.45) is 5.92 Å². The lowest BCUT2D eigenvalue weighted by atomic mass is 9.87. The van der Waals surface area contributed by atoms with Crippen molar-refractivity contribution >= 4 is 56.5 Å². The van der Waals surface area contributed by atoms with E-state index in [0.29, 0.717) is 44.4 Å². The van der Waals surface area contributed by atoms with Crippen molar-refractivity contribution in [1.82, 2.24) is 9.80 Å². The monoisotopic (exact) mass is 685 g/mol. The van der Waals surface area contributed by atoms with Crippen LogP contribution in [0.2, 0.25) is 5.02 Å². The van der Waals surface area contributed by atoms with Gasteiger partial charge < -0.3 is 24.8 Å². The maximum Gasteiger partial charge on any atom is 0.306 e. The number of carbonyl (C=O) groups excluding carboxylic acids is 2. The molecule has 47 heavy (non-hydrogen) atoms. The quantitative estimate of drug-likeness (QED) is 0.261. The molecule has 2 aromatic carbocycles. The molecule has 3 heterocycles. The summed E-state index contributed by atoms with van der Waals surface area (Å²) in [7, 11) is 1.73. The molecule has 0 spiro atoms. The molecule has 3 aliphatic rings. The molecule has 6 rings (SSSR count). The minimum atomic E-state index is -0.756. The fraction of sp³-hybridized carbons (Fsp3) is 0.514. The number of thiophene rings is 1. The van der Waals surface area contributed by atoms with Crippen LogP contribution in [-0.4, -0.2) is 90.3 Å². The molecule has 2 amide bonds. The summed E-state index contributed by atoms with van der Waals surface area (Å²) >= 11 is 7.99. The van der Waals surface area contributed by atoms with Gasteiger partial charge in [0.25, 0.3) is 5.91 Å². The van der Waals surface area contributed by atoms with Crippen LogP contribution in [0.5, 0.6) is 0 Å². The average molecular weight is 686 g/mol. The zero-order valence-corrected chi connectivity index (χ0v) is 28.0. The third-order valence-corrected chi connectivity index (χ3v) is 11.2. The molecular weight excluding hydrogens is 645 g/mol. The number of hydrogen-bond acceptors (Lipinski definition) is 7. The van der Waals surface area contributed by atoms with Crippen molar-refractivity contribution in [3.05, 3.63) is 63.7 Å². The Morgan fingerprint density at radius 2 is 1.87 bits per heavy atom. The van der Waals surface area contributed by atoms with Gasteiger partial charge in [0.1, 0.15) is 5.82 Å². The van der Waals surface area contributed by atoms with Crippen LogP contribution in [0.4, 0.5) is 10.1 Å². The molecule has 0 radical (unpaired) electrons. The van der Waals surface area contributed by atoms with Crippen LogP contribution in [0.15, 0.2) is 41.8 Å². The van der Waals surface area contributed by atoms with E-state index in [-0.39, 0.29) is 64.7 Å². The second-order valence-corrected chi connectivity index (χ2v) is 14.2. The van der Waals surface area contributed by atoms with E-state index in [1.54, 1.807) is 12.5 Å². The SMILES string of the molecule is CO[C@@H]1CCCN([C@H]2C[C@@H](COC3CCC(C(=O)O)CC3)N(C(=O)Cc3cc(Cl)c(NC(=O)c4csc5ccccc45)cc3F)C2)C1. The number of rotatable bonds is 10. The van der Waals surface area contributed by atoms with Gasteiger partial charge in [-0.25, -0.2) is 4.39 Å². The number of anilines is 1. The van der Waals surface area contributed by atoms with Crippen molar-refractivity contribution in [3.8, 4) is 0 Å². The Morgan fingerprint density at radius 3 is 2.64 bits per heavy atom. The topological polar surface area (TPSA) is 108 Å². The number of carbonyl (C=O) groups is 3. The van der Waals surface area contributed by atoms with Crippen molar-refractivity contribution in [2.45, 2.75) is 75.7 Å². The Hall–Kier alpha value is -3.09. The number of carboxylic acid groups (broad SMARTS) is 1. The molecule has 2 N–H and O–H groups in total. The molecular formula is C35H41ClFN3O6S. The number of nitrogens with zero attached hydrogens (tertiary/aromatic N) is 2. The molecule has 3 fully saturated rings. The van der Waals surface area contributed by atoms with Gasteiger partial charge in [-0.2, -0.15) is 0 Å². The molecule has 0 bridgehead atoms. The summed E-state index contributed by atoms with van der Waals surface area (Å²) in [5.74, 6) is -2.30. The van der Waals surface area contributed by atoms with Crippen molar-refractivity contribution < 1.29 is 33.4 Å². The molecule has 1 aromatic heterocycles. The van der Waals surface area contributed by atoms with Gasteiger partial charge in [-0.3, -0.25) is 19.3 Å². The normalized spacial score (nSPS) is 25.3. The lowest BCUT2D eigenvalue weighted by Gasteiger charge is -2.36. The number of aliphatic carboxylic acids is 1. The van der Waals surface area contributed by atoms with E-state index in [1.165, 1.54) is 23.5 Å². The van der Waals surface area contributed by atoms with Gasteiger partial charge in [0.2, 0.25) is 5.91 Å². The van der Waals surface area contributed by atoms with Gasteiger partial charge in [-0.05, 0) is 75.3 Å². The number of ether oxygens (including phenoxy) is 2. The Bertz CT molecular complexity index is 1610. The molecule has 2 aliphatic heterocycles. The number of fused-ring (bicyclic) bond motifs is 1. The number of hydrogen-bond donors (Lipinski definition) is 2. The fourth-order valence-corrected chi connectivity index (χ4v) is 8.44. The van der Waals surface area contributed by atoms with E-state index in [9.17, 15) is 19.5 Å². The van der Waals surface area contributed by atoms with Crippen molar-refractivity contribution in [1.29, 1.82) is 0 Å². The first kappa shape index (κ1) is 33.8. The third kappa shape index (κ3) is 7.81. The van der Waals surface area contributed by atoms with E-state index in [0.717, 1.165) is 42.4 Å². The number of carboxylic acids is 1. The lowest BCUT2D eigenvalue weighted by Crippen LogP contribution is -2.46. The molecule has 12 heteroatoms. The molecule has 1 aliphatic carbocycles. The van der Waals surface area contributed by atoms with E-state index in [1.807, 2.05) is 29.2 Å². The summed E-state index contributed by atoms with van der Waals surface area (Å²) in [6.45, 7) is 2.58. The van der Waals surface area contributed by atoms with Gasteiger partial charge in [0.05, 0.1) is 53.5 Å². The highest BCUT2D eigenvalue weighted by Gasteiger charge is 2.40. The van der Waals surface area contributed by atoms with Gasteiger partial charge in [0, 0.05) is 41.7 Å². The Morgan fingerprint density at radius 1 is 1.09 bits per heavy atom. The van der Waals surface area contributed by atoms with Crippen LogP contribution in [0.3, 0.4) is 0 Å². The van der Waals surface area contributed by atoms with E-state index in [2.05, 4.69) is 10.2 Å². The predicted molar refractivity (Wildman–Crippen MR) is 180 cm³/mol. The third-order valence-electron chi connectivity index (χ3n) is 9.97. The maximum atomic E-state index is 15.5. The molecule has 2 saturated heterocycles. The van der Waals surface area contributed by atoms with Crippen LogP contribution < -0.4 is 5.32 Å². The first-order valence-corrected chi connectivity index (χ1v) is 17.6. The molecule has 1 saturated carbocycles. The largest absolute Gasteiger partial charge is 0.481 e. The molecule has 3 atom stereocenters. The average Bonchev–Trinajstić information content (AvgIpc) is 3.71. The summed E-state index contributed by atoms with van der Waals surface area (Å²) in [4.78, 5) is 42.5. The minimum absolute atomic E-state index is 0.0412. The fourth-order valence-electron chi connectivity index (χ4n) is 7.26. The summed E-state index contributed by atoms with van der Waals surface area (Å²) in [5, 5.41) is 14.8. The summed E-state index contributed by atoms with van der Waals surface area (Å²) in [6, 6.07) is 10.1. The minimum Gasteiger partial charge on any atom is -0.481 e. The molecule has 3 aromatic rings. The van der Waals surface area contributed by atoms with Crippen LogP contribution in [0.1, 0.15) is 60.9 Å². The van der Waals surface area contributed by atoms with Gasteiger partial charge in [0.15, 0.2) is 0 Å². The molecule has 252 valence electrons.